The highest BCUT2D eigenvalue weighted by Crippen LogP contribution is 2.34. The van der Waals surface area contributed by atoms with Gasteiger partial charge in [0.2, 0.25) is 5.75 Å². The highest BCUT2D eigenvalue weighted by atomic mass is 16.6. The molecule has 0 bridgehead atoms. The lowest BCUT2D eigenvalue weighted by Gasteiger charge is -2.10. The minimum absolute atomic E-state index is 0.161. The molecule has 0 aliphatic heterocycles. The Morgan fingerprint density at radius 1 is 0.458 bits per heavy atom. The zero-order valence-electron chi connectivity index (χ0n) is 35.4. The van der Waals surface area contributed by atoms with E-state index >= 15 is 0 Å². The van der Waals surface area contributed by atoms with E-state index in [1.54, 1.807) is 78.9 Å². The van der Waals surface area contributed by atoms with Crippen LogP contribution in [0.1, 0.15) is 163 Å². The average Bonchev–Trinajstić information content (AvgIpc) is 3.25. The molecule has 0 radical (unpaired) electrons. The summed E-state index contributed by atoms with van der Waals surface area (Å²) in [6.45, 7) is 5.74. The molecule has 0 fully saturated rings. The number of rotatable bonds is 30. The topological polar surface area (TPSA) is 114 Å². The molecule has 0 saturated carbocycles. The summed E-state index contributed by atoms with van der Waals surface area (Å²) >= 11 is 0. The molecule has 0 unspecified atom stereocenters. The molecule has 0 spiro atoms. The van der Waals surface area contributed by atoms with Crippen LogP contribution in [0.25, 0.3) is 11.1 Å². The summed E-state index contributed by atoms with van der Waals surface area (Å²) in [5.74, 6) is 0.321. The van der Waals surface area contributed by atoms with Crippen LogP contribution in [-0.2, 0) is 0 Å². The van der Waals surface area contributed by atoms with Crippen molar-refractivity contribution in [3.8, 4) is 34.1 Å². The molecule has 0 aliphatic rings. The average molecular weight is 808 g/mol. The van der Waals surface area contributed by atoms with E-state index < -0.39 is 16.9 Å². The van der Waals surface area contributed by atoms with E-state index in [1.165, 1.54) is 115 Å². The van der Waals surface area contributed by atoms with Crippen molar-refractivity contribution >= 4 is 17.6 Å². The summed E-state index contributed by atoms with van der Waals surface area (Å²) < 4.78 is 22.8. The minimum Gasteiger partial charge on any atom is -0.494 e. The zero-order valence-corrected chi connectivity index (χ0v) is 35.4. The minimum atomic E-state index is -0.709. The highest BCUT2D eigenvalue weighted by Gasteiger charge is 2.21. The number of nitro benzene ring substituents is 1. The first-order valence-electron chi connectivity index (χ1n) is 22.2. The van der Waals surface area contributed by atoms with E-state index in [9.17, 15) is 19.7 Å². The summed E-state index contributed by atoms with van der Waals surface area (Å²) in [5, 5.41) is 12.0. The van der Waals surface area contributed by atoms with Gasteiger partial charge in [0.15, 0.2) is 0 Å². The monoisotopic (exact) mass is 807 g/mol. The lowest BCUT2D eigenvalue weighted by molar-refractivity contribution is -0.385. The van der Waals surface area contributed by atoms with Gasteiger partial charge in [-0.1, -0.05) is 148 Å². The van der Waals surface area contributed by atoms with Gasteiger partial charge in [0.05, 0.1) is 29.3 Å². The Morgan fingerprint density at radius 2 is 0.831 bits per heavy atom. The van der Waals surface area contributed by atoms with E-state index in [-0.39, 0.29) is 17.0 Å². The van der Waals surface area contributed by atoms with E-state index in [0.717, 1.165) is 25.7 Å². The molecule has 9 heteroatoms. The van der Waals surface area contributed by atoms with Crippen LogP contribution in [0, 0.1) is 10.1 Å². The van der Waals surface area contributed by atoms with E-state index in [1.807, 2.05) is 0 Å². The Kier molecular flexibility index (Phi) is 21.7. The van der Waals surface area contributed by atoms with Crippen molar-refractivity contribution in [1.82, 2.24) is 0 Å². The molecule has 4 rings (SSSR count). The molecule has 0 atom stereocenters. The third-order valence-electron chi connectivity index (χ3n) is 10.5. The van der Waals surface area contributed by atoms with Gasteiger partial charge in [0.25, 0.3) is 0 Å². The number of ether oxygens (including phenoxy) is 4. The second-order valence-electron chi connectivity index (χ2n) is 15.4. The maximum absolute atomic E-state index is 12.9. The lowest BCUT2D eigenvalue weighted by Crippen LogP contribution is -2.10. The molecule has 0 amide bonds. The predicted octanol–water partition coefficient (Wildman–Crippen LogP) is 14.3. The lowest BCUT2D eigenvalue weighted by atomic mass is 10.0. The van der Waals surface area contributed by atoms with Gasteiger partial charge in [-0.3, -0.25) is 10.1 Å². The number of benzene rings is 4. The molecule has 0 heterocycles. The normalized spacial score (nSPS) is 10.9. The summed E-state index contributed by atoms with van der Waals surface area (Å²) in [7, 11) is 0. The third kappa shape index (κ3) is 17.7. The molecule has 0 N–H and O–H groups in total. The molecule has 59 heavy (non-hydrogen) atoms. The molecular weight excluding hydrogens is 743 g/mol. The fourth-order valence-electron chi connectivity index (χ4n) is 6.90. The molecule has 0 saturated heterocycles. The Morgan fingerprint density at radius 3 is 1.25 bits per heavy atom. The molecule has 318 valence electrons. The fourth-order valence-corrected chi connectivity index (χ4v) is 6.90. The first-order chi connectivity index (χ1) is 28.9. The van der Waals surface area contributed by atoms with Crippen molar-refractivity contribution in [3.63, 3.8) is 0 Å². The number of unbranched alkanes of at least 4 members (excludes halogenated alkanes) is 18. The number of carbonyl (C=O) groups is 2. The third-order valence-corrected chi connectivity index (χ3v) is 10.5. The van der Waals surface area contributed by atoms with Crippen LogP contribution >= 0.6 is 0 Å². The first kappa shape index (κ1) is 46.5. The number of carbonyl (C=O) groups excluding carboxylic acids is 2. The second-order valence-corrected chi connectivity index (χ2v) is 15.4. The Bertz CT molecular complexity index is 1800. The van der Waals surface area contributed by atoms with Gasteiger partial charge in [-0.15, -0.1) is 0 Å². The molecular formula is C50H65NO8. The fraction of sp³-hybridized carbons (Fsp3) is 0.480. The van der Waals surface area contributed by atoms with Gasteiger partial charge in [-0.05, 0) is 90.7 Å². The second kappa shape index (κ2) is 27.5. The smallest absolute Gasteiger partial charge is 0.343 e. The first-order valence-corrected chi connectivity index (χ1v) is 22.2. The van der Waals surface area contributed by atoms with Crippen molar-refractivity contribution in [3.05, 3.63) is 112 Å². The van der Waals surface area contributed by atoms with Crippen LogP contribution in [0.2, 0.25) is 0 Å². The van der Waals surface area contributed by atoms with Crippen LogP contribution in [-0.4, -0.2) is 30.1 Å². The summed E-state index contributed by atoms with van der Waals surface area (Å²) in [6.07, 6.45) is 25.2. The van der Waals surface area contributed by atoms with Crippen LogP contribution in [0.4, 0.5) is 5.69 Å². The maximum atomic E-state index is 12.9. The molecule has 9 nitrogen and oxygen atoms in total. The quantitative estimate of drug-likeness (QED) is 0.0168. The Labute approximate surface area is 352 Å². The molecule has 4 aromatic rings. The Balaban J connectivity index is 1.18. The largest absolute Gasteiger partial charge is 0.494 e. The van der Waals surface area contributed by atoms with Crippen LogP contribution in [0.3, 0.4) is 0 Å². The molecule has 0 aliphatic carbocycles. The van der Waals surface area contributed by atoms with E-state index in [2.05, 4.69) is 13.8 Å². The van der Waals surface area contributed by atoms with Gasteiger partial charge in [0.1, 0.15) is 17.2 Å². The zero-order chi connectivity index (χ0) is 41.9. The van der Waals surface area contributed by atoms with Crippen LogP contribution in [0.15, 0.2) is 91.0 Å². The number of nitrogens with zero attached hydrogens (tertiary/aromatic N) is 1. The van der Waals surface area contributed by atoms with Gasteiger partial charge in [-0.2, -0.15) is 0 Å². The predicted molar refractivity (Wildman–Crippen MR) is 236 cm³/mol. The van der Waals surface area contributed by atoms with Crippen LogP contribution < -0.4 is 18.9 Å². The van der Waals surface area contributed by atoms with Crippen molar-refractivity contribution in [2.24, 2.45) is 0 Å². The van der Waals surface area contributed by atoms with E-state index in [0.29, 0.717) is 47.2 Å². The van der Waals surface area contributed by atoms with Gasteiger partial charge >= 0.3 is 17.6 Å². The van der Waals surface area contributed by atoms with Gasteiger partial charge in [-0.25, -0.2) is 9.59 Å². The Hall–Kier alpha value is -5.18. The SMILES string of the molecule is CCCCCCCCCCCCOc1ccc(C(=O)Oc2ccc(-c3ccc(OC(=O)c4ccc(OCCCCCCCCCCCC)cc4)c([N+](=O)[O-])c3)cc2)cc1. The molecule has 4 aromatic carbocycles. The standard InChI is InChI=1S/C50H65NO8/c1-3-5-7-9-11-13-15-17-19-21-37-56-44-30-25-41(26-31-44)49(52)58-46-34-23-40(24-35-46)43-29-36-48(47(39-43)51(54)55)59-50(53)42-27-32-45(33-28-42)57-38-22-20-18-16-14-12-10-8-6-4-2/h23-36,39H,3-22,37-38H2,1-2H3. The maximum Gasteiger partial charge on any atom is 0.343 e. The number of hydrogen-bond acceptors (Lipinski definition) is 8. The van der Waals surface area contributed by atoms with Crippen molar-refractivity contribution in [1.29, 1.82) is 0 Å². The summed E-state index contributed by atoms with van der Waals surface area (Å²) in [5.41, 5.74) is 1.49. The number of hydrogen-bond donors (Lipinski definition) is 0. The van der Waals surface area contributed by atoms with Crippen LogP contribution in [0.5, 0.6) is 23.0 Å². The van der Waals surface area contributed by atoms with Gasteiger partial charge in [0, 0.05) is 6.07 Å². The van der Waals surface area contributed by atoms with Crippen molar-refractivity contribution in [2.75, 3.05) is 13.2 Å². The van der Waals surface area contributed by atoms with Crippen molar-refractivity contribution in [2.45, 2.75) is 142 Å². The number of esters is 2. The van der Waals surface area contributed by atoms with E-state index in [4.69, 9.17) is 18.9 Å². The summed E-state index contributed by atoms with van der Waals surface area (Å²) in [4.78, 5) is 37.2. The number of nitro groups is 1. The highest BCUT2D eigenvalue weighted by molar-refractivity contribution is 5.92. The molecule has 0 aromatic heterocycles. The summed E-state index contributed by atoms with van der Waals surface area (Å²) in [6, 6.07) is 24.6. The van der Waals surface area contributed by atoms with Gasteiger partial charge < -0.3 is 18.9 Å². The van der Waals surface area contributed by atoms with Crippen molar-refractivity contribution < 1.29 is 33.5 Å².